The molecule has 1 aliphatic rings. The fraction of sp³-hybridized carbons (Fsp3) is 0.393. The number of carbonyl (C=O) groups excluding carboxylic acids is 5. The Kier molecular flexibility index (Phi) is 9.35. The monoisotopic (exact) mass is 579 g/mol. The lowest BCUT2D eigenvalue weighted by Crippen LogP contribution is -2.39. The Hall–Kier alpha value is -5.01. The van der Waals surface area contributed by atoms with Crippen LogP contribution in [0.1, 0.15) is 65.0 Å². The van der Waals surface area contributed by atoms with Crippen molar-refractivity contribution in [3.8, 4) is 0 Å². The normalized spacial score (nSPS) is 13.1. The first-order valence-corrected chi connectivity index (χ1v) is 13.5. The molecule has 4 amide bonds. The molecule has 3 aromatic rings. The van der Waals surface area contributed by atoms with Gasteiger partial charge in [-0.05, 0) is 63.3 Å². The van der Waals surface area contributed by atoms with Crippen LogP contribution in [0.3, 0.4) is 0 Å². The molecule has 1 saturated carbocycles. The second kappa shape index (κ2) is 13.1. The molecule has 3 N–H and O–H groups in total. The summed E-state index contributed by atoms with van der Waals surface area (Å²) < 4.78 is 11.4. The summed E-state index contributed by atoms with van der Waals surface area (Å²) >= 11 is 0. The Labute approximate surface area is 241 Å². The van der Waals surface area contributed by atoms with Gasteiger partial charge >= 0.3 is 12.1 Å². The van der Waals surface area contributed by atoms with Crippen LogP contribution in [0, 0.1) is 13.8 Å². The van der Waals surface area contributed by atoms with Gasteiger partial charge in [0.1, 0.15) is 17.9 Å². The van der Waals surface area contributed by atoms with Gasteiger partial charge in [0.15, 0.2) is 5.82 Å². The molecule has 1 atom stereocenters. The maximum atomic E-state index is 13.4. The molecule has 42 heavy (non-hydrogen) atoms. The van der Waals surface area contributed by atoms with Gasteiger partial charge in [0.2, 0.25) is 13.2 Å². The number of nitrogens with one attached hydrogen (secondary N) is 3. The van der Waals surface area contributed by atoms with E-state index < -0.39 is 30.8 Å². The van der Waals surface area contributed by atoms with Gasteiger partial charge in [0.05, 0.1) is 5.56 Å². The third-order valence-corrected chi connectivity index (χ3v) is 6.69. The van der Waals surface area contributed by atoms with Crippen molar-refractivity contribution in [2.75, 3.05) is 18.7 Å². The molecule has 0 bridgehead atoms. The number of benzene rings is 1. The summed E-state index contributed by atoms with van der Waals surface area (Å²) in [5, 5.41) is 12.7. The van der Waals surface area contributed by atoms with E-state index in [4.69, 9.17) is 9.47 Å². The number of rotatable bonds is 12. The van der Waals surface area contributed by atoms with Gasteiger partial charge in [-0.3, -0.25) is 14.4 Å². The fourth-order valence-corrected chi connectivity index (χ4v) is 4.16. The van der Waals surface area contributed by atoms with Crippen molar-refractivity contribution in [1.29, 1.82) is 0 Å². The molecule has 0 aliphatic heterocycles. The van der Waals surface area contributed by atoms with E-state index in [1.165, 1.54) is 13.3 Å². The second-order valence-electron chi connectivity index (χ2n) is 9.93. The zero-order chi connectivity index (χ0) is 30.4. The number of hydrogen-bond donors (Lipinski definition) is 3. The van der Waals surface area contributed by atoms with Gasteiger partial charge in [-0.1, -0.05) is 13.0 Å². The van der Waals surface area contributed by atoms with Gasteiger partial charge in [0, 0.05) is 30.0 Å². The number of imide groups is 1. The number of esters is 1. The molecule has 0 saturated heterocycles. The predicted molar refractivity (Wildman–Crippen MR) is 150 cm³/mol. The summed E-state index contributed by atoms with van der Waals surface area (Å²) in [5.41, 5.74) is 3.37. The largest absolute Gasteiger partial charge is 0.426 e. The van der Waals surface area contributed by atoms with E-state index in [0.717, 1.165) is 23.3 Å². The summed E-state index contributed by atoms with van der Waals surface area (Å²) in [4.78, 5) is 66.5. The number of amides is 4. The van der Waals surface area contributed by atoms with E-state index in [9.17, 15) is 24.0 Å². The summed E-state index contributed by atoms with van der Waals surface area (Å²) in [6, 6.07) is 4.19. The Bertz CT molecular complexity index is 1520. The van der Waals surface area contributed by atoms with Crippen molar-refractivity contribution >= 4 is 47.3 Å². The van der Waals surface area contributed by atoms with Crippen molar-refractivity contribution < 1.29 is 33.4 Å². The predicted octanol–water partition coefficient (Wildman–Crippen LogP) is 2.61. The molecule has 1 fully saturated rings. The van der Waals surface area contributed by atoms with E-state index in [1.54, 1.807) is 35.8 Å². The highest BCUT2D eigenvalue weighted by Crippen LogP contribution is 2.28. The van der Waals surface area contributed by atoms with E-state index in [2.05, 4.69) is 26.0 Å². The molecule has 0 radical (unpaired) electrons. The molecule has 14 nitrogen and oxygen atoms in total. The highest BCUT2D eigenvalue weighted by molar-refractivity contribution is 6.04. The van der Waals surface area contributed by atoms with Crippen LogP contribution in [0.5, 0.6) is 0 Å². The number of ether oxygens (including phenoxy) is 2. The van der Waals surface area contributed by atoms with Crippen molar-refractivity contribution in [3.05, 3.63) is 53.0 Å². The fourth-order valence-electron chi connectivity index (χ4n) is 4.16. The third-order valence-electron chi connectivity index (χ3n) is 6.69. The topological polar surface area (TPSA) is 173 Å². The zero-order valence-corrected chi connectivity index (χ0v) is 23.8. The number of aryl methyl sites for hydroxylation is 2. The van der Waals surface area contributed by atoms with Gasteiger partial charge in [-0.15, -0.1) is 0 Å². The highest BCUT2D eigenvalue weighted by atomic mass is 16.7. The number of anilines is 2. The van der Waals surface area contributed by atoms with E-state index in [-0.39, 0.29) is 24.1 Å². The number of hydrogen-bond acceptors (Lipinski definition) is 10. The smallest absolute Gasteiger partial charge is 0.419 e. The van der Waals surface area contributed by atoms with E-state index in [1.807, 2.05) is 13.8 Å². The third kappa shape index (κ3) is 6.82. The number of nitrogens with zero attached hydrogens (tertiary/aromatic N) is 4. The van der Waals surface area contributed by atoms with Crippen LogP contribution in [0.25, 0.3) is 5.52 Å². The van der Waals surface area contributed by atoms with Crippen molar-refractivity contribution in [2.45, 2.75) is 59.0 Å². The summed E-state index contributed by atoms with van der Waals surface area (Å²) in [6.45, 7) is 6.21. The standard InChI is InChI=1S/C28H33N7O7/c1-5-10-34(28(40)42-15-41-27(39)18(4)30-14-36)26(38)19-7-6-16(2)22(11-19)33-24-23-17(3)21(12-35(23)31-13-29-24)25(37)32-20-8-9-20/h6-7,11-14,18,20H,5,8-10,15H2,1-4H3,(H,30,36)(H,32,37)(H,29,31,33). The minimum Gasteiger partial charge on any atom is -0.426 e. The van der Waals surface area contributed by atoms with E-state index >= 15 is 0 Å². The Morgan fingerprint density at radius 1 is 1.19 bits per heavy atom. The average molecular weight is 580 g/mol. The van der Waals surface area contributed by atoms with Gasteiger partial charge in [-0.2, -0.15) is 5.10 Å². The molecule has 2 heterocycles. The van der Waals surface area contributed by atoms with Crippen LogP contribution in [0.4, 0.5) is 16.3 Å². The summed E-state index contributed by atoms with van der Waals surface area (Å²) in [7, 11) is 0. The number of fused-ring (bicyclic) bond motifs is 1. The molecule has 1 aliphatic carbocycles. The first kappa shape index (κ1) is 30.0. The van der Waals surface area contributed by atoms with Gasteiger partial charge in [0.25, 0.3) is 11.8 Å². The summed E-state index contributed by atoms with van der Waals surface area (Å²) in [5.74, 6) is -1.14. The van der Waals surface area contributed by atoms with Crippen LogP contribution >= 0.6 is 0 Å². The van der Waals surface area contributed by atoms with Crippen molar-refractivity contribution in [2.24, 2.45) is 0 Å². The Balaban J connectivity index is 1.52. The first-order chi connectivity index (χ1) is 20.1. The molecule has 0 spiro atoms. The summed E-state index contributed by atoms with van der Waals surface area (Å²) in [6.07, 6.45) is 4.79. The molecule has 2 aromatic heterocycles. The zero-order valence-electron chi connectivity index (χ0n) is 23.8. The highest BCUT2D eigenvalue weighted by Gasteiger charge is 2.27. The van der Waals surface area contributed by atoms with Crippen LogP contribution in [0.2, 0.25) is 0 Å². The van der Waals surface area contributed by atoms with E-state index in [0.29, 0.717) is 41.0 Å². The van der Waals surface area contributed by atoms with Crippen LogP contribution in [-0.4, -0.2) is 75.2 Å². The SMILES string of the molecule is CCCN(C(=O)OCOC(=O)C(C)NC=O)C(=O)c1ccc(C)c(Nc2ncnn3cc(C(=O)NC4CC4)c(C)c23)c1. The first-order valence-electron chi connectivity index (χ1n) is 13.5. The van der Waals surface area contributed by atoms with Gasteiger partial charge in [-0.25, -0.2) is 24.0 Å². The lowest BCUT2D eigenvalue weighted by Gasteiger charge is -2.21. The average Bonchev–Trinajstić information content (AvgIpc) is 3.72. The minimum atomic E-state index is -0.987. The maximum Gasteiger partial charge on any atom is 0.419 e. The van der Waals surface area contributed by atoms with Crippen molar-refractivity contribution in [1.82, 2.24) is 30.1 Å². The van der Waals surface area contributed by atoms with Crippen LogP contribution in [-0.2, 0) is 19.1 Å². The van der Waals surface area contributed by atoms with Gasteiger partial charge < -0.3 is 25.4 Å². The van der Waals surface area contributed by atoms with Crippen molar-refractivity contribution in [3.63, 3.8) is 0 Å². The lowest BCUT2D eigenvalue weighted by molar-refractivity contribution is -0.154. The Morgan fingerprint density at radius 2 is 1.95 bits per heavy atom. The molecule has 4 rings (SSSR count). The second-order valence-corrected chi connectivity index (χ2v) is 9.93. The minimum absolute atomic E-state index is 0.0624. The number of aromatic nitrogens is 3. The Morgan fingerprint density at radius 3 is 2.64 bits per heavy atom. The molecule has 222 valence electrons. The molecular weight excluding hydrogens is 546 g/mol. The molecule has 1 unspecified atom stereocenters. The van der Waals surface area contributed by atoms with Crippen LogP contribution < -0.4 is 16.0 Å². The van der Waals surface area contributed by atoms with Crippen LogP contribution in [0.15, 0.2) is 30.7 Å². The molecular formula is C28H33N7O7. The quantitative estimate of drug-likeness (QED) is 0.164. The lowest BCUT2D eigenvalue weighted by atomic mass is 10.1. The molecule has 14 heteroatoms. The molecule has 1 aromatic carbocycles. The maximum absolute atomic E-state index is 13.4. The number of carbonyl (C=O) groups is 5.